The van der Waals surface area contributed by atoms with Crippen LogP contribution in [-0.4, -0.2) is 35.6 Å². The molecular formula is C22H23N3O2. The van der Waals surface area contributed by atoms with Crippen LogP contribution in [0.15, 0.2) is 54.7 Å². The second-order valence-electron chi connectivity index (χ2n) is 7.51. The van der Waals surface area contributed by atoms with Crippen molar-refractivity contribution in [2.24, 2.45) is 0 Å². The van der Waals surface area contributed by atoms with Crippen molar-refractivity contribution in [3.63, 3.8) is 0 Å². The predicted octanol–water partition coefficient (Wildman–Crippen LogP) is 4.26. The smallest absolute Gasteiger partial charge is 0.412 e. The highest BCUT2D eigenvalue weighted by Crippen LogP contribution is 2.43. The first kappa shape index (κ1) is 16.4. The predicted molar refractivity (Wildman–Crippen MR) is 106 cm³/mol. The number of carbonyl (C=O) groups is 1. The van der Waals surface area contributed by atoms with E-state index in [1.807, 2.05) is 18.2 Å². The molecule has 1 fully saturated rings. The number of anilines is 1. The van der Waals surface area contributed by atoms with Crippen LogP contribution in [0.2, 0.25) is 0 Å². The van der Waals surface area contributed by atoms with Gasteiger partial charge >= 0.3 is 6.09 Å². The number of hydrogen-bond acceptors (Lipinski definition) is 3. The molecule has 2 aliphatic heterocycles. The Hall–Kier alpha value is -2.79. The van der Waals surface area contributed by atoms with Gasteiger partial charge in [0.15, 0.2) is 0 Å². The van der Waals surface area contributed by atoms with E-state index in [4.69, 9.17) is 4.74 Å². The normalized spacial score (nSPS) is 18.9. The zero-order chi connectivity index (χ0) is 18.3. The Kier molecular flexibility index (Phi) is 3.90. The Labute approximate surface area is 158 Å². The number of benzene rings is 2. The van der Waals surface area contributed by atoms with Crippen LogP contribution in [0.5, 0.6) is 0 Å². The molecule has 5 nitrogen and oxygen atoms in total. The molecule has 5 heteroatoms. The van der Waals surface area contributed by atoms with Crippen LogP contribution in [0.25, 0.3) is 10.9 Å². The highest BCUT2D eigenvalue weighted by atomic mass is 16.6. The van der Waals surface area contributed by atoms with Gasteiger partial charge < -0.3 is 14.6 Å². The number of nitrogens with zero attached hydrogens (tertiary/aromatic N) is 1. The van der Waals surface area contributed by atoms with Crippen LogP contribution < -0.4 is 5.32 Å². The average Bonchev–Trinajstić information content (AvgIpc) is 3.11. The Morgan fingerprint density at radius 2 is 1.81 bits per heavy atom. The fourth-order valence-electron chi connectivity index (χ4n) is 4.48. The number of nitrogens with one attached hydrogen (secondary N) is 2. The van der Waals surface area contributed by atoms with E-state index in [9.17, 15) is 4.79 Å². The van der Waals surface area contributed by atoms with E-state index in [0.29, 0.717) is 0 Å². The molecule has 0 radical (unpaired) electrons. The van der Waals surface area contributed by atoms with Gasteiger partial charge in [-0.3, -0.25) is 5.32 Å². The fraction of sp³-hybridized carbons (Fsp3) is 0.318. The molecule has 3 heterocycles. The number of rotatable bonds is 3. The molecule has 2 N–H and O–H groups in total. The Bertz CT molecular complexity index is 986. The Morgan fingerprint density at radius 3 is 2.70 bits per heavy atom. The Morgan fingerprint density at radius 1 is 1.04 bits per heavy atom. The van der Waals surface area contributed by atoms with Gasteiger partial charge in [-0.15, -0.1) is 0 Å². The number of piperidine rings is 1. The van der Waals surface area contributed by atoms with Crippen LogP contribution in [0.1, 0.15) is 24.0 Å². The van der Waals surface area contributed by atoms with E-state index in [2.05, 4.69) is 51.7 Å². The summed E-state index contributed by atoms with van der Waals surface area (Å²) in [6, 6.07) is 16.5. The lowest BCUT2D eigenvalue weighted by molar-refractivity contribution is -0.0375. The minimum Gasteiger partial charge on any atom is -0.438 e. The summed E-state index contributed by atoms with van der Waals surface area (Å²) in [4.78, 5) is 17.9. The molecule has 2 aromatic carbocycles. The van der Waals surface area contributed by atoms with Crippen molar-refractivity contribution >= 4 is 22.7 Å². The monoisotopic (exact) mass is 361 g/mol. The average molecular weight is 361 g/mol. The third kappa shape index (κ3) is 2.88. The molecule has 2 aliphatic rings. The zero-order valence-corrected chi connectivity index (χ0v) is 15.2. The maximum Gasteiger partial charge on any atom is 0.412 e. The molecule has 5 rings (SSSR count). The first-order valence-corrected chi connectivity index (χ1v) is 9.60. The second-order valence-corrected chi connectivity index (χ2v) is 7.51. The van der Waals surface area contributed by atoms with Gasteiger partial charge in [-0.05, 0) is 24.1 Å². The van der Waals surface area contributed by atoms with Crippen molar-refractivity contribution in [1.29, 1.82) is 0 Å². The minimum absolute atomic E-state index is 0.332. The van der Waals surface area contributed by atoms with Gasteiger partial charge in [0.25, 0.3) is 0 Å². The number of carbonyl (C=O) groups excluding carboxylic acids is 1. The van der Waals surface area contributed by atoms with Gasteiger partial charge in [0.2, 0.25) is 0 Å². The lowest BCUT2D eigenvalue weighted by Crippen LogP contribution is -2.48. The number of amides is 1. The summed E-state index contributed by atoms with van der Waals surface area (Å²) in [6.45, 7) is 2.89. The van der Waals surface area contributed by atoms with Crippen LogP contribution in [-0.2, 0) is 16.8 Å². The van der Waals surface area contributed by atoms with Crippen LogP contribution in [0, 0.1) is 0 Å². The first-order chi connectivity index (χ1) is 13.2. The van der Waals surface area contributed by atoms with Crippen molar-refractivity contribution in [1.82, 2.24) is 9.88 Å². The first-order valence-electron chi connectivity index (χ1n) is 9.60. The van der Waals surface area contributed by atoms with Gasteiger partial charge in [0, 0.05) is 55.1 Å². The number of ether oxygens (including phenoxy) is 1. The summed E-state index contributed by atoms with van der Waals surface area (Å²) in [6.07, 6.45) is 4.49. The summed E-state index contributed by atoms with van der Waals surface area (Å²) in [5.41, 5.74) is 4.09. The maximum atomic E-state index is 12.0. The SMILES string of the molecule is O=C1Nc2ccccc2C2(CCN(CCc3c[nH]c4ccccc34)CC2)O1. The summed E-state index contributed by atoms with van der Waals surface area (Å²) >= 11 is 0. The molecule has 0 bridgehead atoms. The molecule has 1 saturated heterocycles. The van der Waals surface area contributed by atoms with E-state index in [1.165, 1.54) is 16.5 Å². The molecule has 0 atom stereocenters. The fourth-order valence-corrected chi connectivity index (χ4v) is 4.48. The number of aromatic nitrogens is 1. The zero-order valence-electron chi connectivity index (χ0n) is 15.2. The quantitative estimate of drug-likeness (QED) is 0.733. The number of para-hydroxylation sites is 2. The third-order valence-corrected chi connectivity index (χ3v) is 5.98. The molecule has 27 heavy (non-hydrogen) atoms. The van der Waals surface area contributed by atoms with E-state index in [-0.39, 0.29) is 6.09 Å². The largest absolute Gasteiger partial charge is 0.438 e. The van der Waals surface area contributed by atoms with E-state index >= 15 is 0 Å². The summed E-state index contributed by atoms with van der Waals surface area (Å²) in [7, 11) is 0. The number of H-pyrrole nitrogens is 1. The van der Waals surface area contributed by atoms with Crippen molar-refractivity contribution in [3.05, 3.63) is 65.9 Å². The van der Waals surface area contributed by atoms with Crippen LogP contribution >= 0.6 is 0 Å². The van der Waals surface area contributed by atoms with Gasteiger partial charge in [-0.2, -0.15) is 0 Å². The molecule has 0 unspecified atom stereocenters. The Balaban J connectivity index is 1.27. The van der Waals surface area contributed by atoms with Crippen molar-refractivity contribution in [2.45, 2.75) is 24.9 Å². The number of likely N-dealkylation sites (tertiary alicyclic amines) is 1. The molecule has 3 aromatic rings. The number of aromatic amines is 1. The molecule has 0 saturated carbocycles. The van der Waals surface area contributed by atoms with Crippen molar-refractivity contribution in [3.8, 4) is 0 Å². The lowest BCUT2D eigenvalue weighted by Gasteiger charge is -2.44. The van der Waals surface area contributed by atoms with E-state index < -0.39 is 5.60 Å². The molecule has 1 aromatic heterocycles. The van der Waals surface area contributed by atoms with Crippen molar-refractivity contribution in [2.75, 3.05) is 25.0 Å². The minimum atomic E-state index is -0.476. The van der Waals surface area contributed by atoms with Gasteiger partial charge in [0.05, 0.1) is 5.69 Å². The highest BCUT2D eigenvalue weighted by Gasteiger charge is 2.44. The number of hydrogen-bond donors (Lipinski definition) is 2. The molecular weight excluding hydrogens is 338 g/mol. The van der Waals surface area contributed by atoms with Gasteiger partial charge in [-0.1, -0.05) is 36.4 Å². The lowest BCUT2D eigenvalue weighted by atomic mass is 9.82. The molecule has 0 aliphatic carbocycles. The third-order valence-electron chi connectivity index (χ3n) is 5.98. The standard InChI is InChI=1S/C22H23N3O2/c26-21-24-20-8-4-2-6-18(20)22(27-21)10-13-25(14-11-22)12-9-16-15-23-19-7-3-1-5-17(16)19/h1-8,15,23H,9-14H2,(H,24,26). The second kappa shape index (κ2) is 6.43. The maximum absolute atomic E-state index is 12.0. The van der Waals surface area contributed by atoms with Gasteiger partial charge in [0.1, 0.15) is 5.60 Å². The summed E-state index contributed by atoms with van der Waals surface area (Å²) in [5.74, 6) is 0. The molecule has 138 valence electrons. The van der Waals surface area contributed by atoms with Crippen LogP contribution in [0.3, 0.4) is 0 Å². The molecule has 1 spiro atoms. The van der Waals surface area contributed by atoms with Gasteiger partial charge in [-0.25, -0.2) is 4.79 Å². The topological polar surface area (TPSA) is 57.4 Å². The van der Waals surface area contributed by atoms with E-state index in [0.717, 1.165) is 50.1 Å². The van der Waals surface area contributed by atoms with Crippen molar-refractivity contribution < 1.29 is 9.53 Å². The summed E-state index contributed by atoms with van der Waals surface area (Å²) in [5, 5.41) is 4.14. The van der Waals surface area contributed by atoms with E-state index in [1.54, 1.807) is 0 Å². The molecule has 1 amide bonds. The van der Waals surface area contributed by atoms with Crippen LogP contribution in [0.4, 0.5) is 10.5 Å². The summed E-state index contributed by atoms with van der Waals surface area (Å²) < 4.78 is 5.82. The highest BCUT2D eigenvalue weighted by molar-refractivity contribution is 5.88. The number of fused-ring (bicyclic) bond motifs is 3.